The summed E-state index contributed by atoms with van der Waals surface area (Å²) in [6.45, 7) is 1.94. The molecule has 0 bridgehead atoms. The summed E-state index contributed by atoms with van der Waals surface area (Å²) in [4.78, 5) is 13.6. The van der Waals surface area contributed by atoms with E-state index in [1.54, 1.807) is 42.5 Å². The van der Waals surface area contributed by atoms with Crippen molar-refractivity contribution in [3.05, 3.63) is 59.1 Å². The zero-order chi connectivity index (χ0) is 20.1. The Labute approximate surface area is 169 Å². The molecule has 2 aromatic rings. The first kappa shape index (κ1) is 20.3. The van der Waals surface area contributed by atoms with Gasteiger partial charge in [0.1, 0.15) is 6.07 Å². The summed E-state index contributed by atoms with van der Waals surface area (Å²) in [5.74, 6) is -0.242. The Balaban J connectivity index is 1.57. The van der Waals surface area contributed by atoms with Crippen LogP contribution in [-0.2, 0) is 14.8 Å². The second-order valence-electron chi connectivity index (χ2n) is 6.49. The van der Waals surface area contributed by atoms with E-state index in [0.29, 0.717) is 42.5 Å². The highest BCUT2D eigenvalue weighted by atomic mass is 35.5. The van der Waals surface area contributed by atoms with Crippen molar-refractivity contribution in [1.82, 2.24) is 4.31 Å². The van der Waals surface area contributed by atoms with Crippen LogP contribution in [0.1, 0.15) is 5.56 Å². The molecular weight excluding hydrogens is 400 g/mol. The molecule has 1 aliphatic rings. The van der Waals surface area contributed by atoms with Gasteiger partial charge in [0.25, 0.3) is 5.91 Å². The topological polar surface area (TPSA) is 94.7 Å². The number of piperazine rings is 1. The number of hydrogen-bond donors (Lipinski definition) is 2. The van der Waals surface area contributed by atoms with Crippen LogP contribution >= 0.6 is 11.6 Å². The van der Waals surface area contributed by atoms with Gasteiger partial charge < -0.3 is 10.2 Å². The number of quaternary nitrogens is 1. The molecule has 1 aliphatic heterocycles. The Hall–Kier alpha value is -2.44. The number of hydrogen-bond acceptors (Lipinski definition) is 4. The molecule has 1 saturated heterocycles. The normalized spacial score (nSPS) is 15.7. The number of nitrogens with zero attached hydrogens (tertiary/aromatic N) is 2. The van der Waals surface area contributed by atoms with Gasteiger partial charge in [0.15, 0.2) is 6.54 Å². The molecule has 0 unspecified atom stereocenters. The number of carbonyl (C=O) groups excluding carboxylic acids is 1. The number of amides is 1. The van der Waals surface area contributed by atoms with Crippen LogP contribution in [0.4, 0.5) is 5.69 Å². The van der Waals surface area contributed by atoms with E-state index >= 15 is 0 Å². The second-order valence-corrected chi connectivity index (χ2v) is 8.87. The molecule has 2 aromatic carbocycles. The first-order valence-electron chi connectivity index (χ1n) is 8.78. The summed E-state index contributed by atoms with van der Waals surface area (Å²) < 4.78 is 26.8. The third kappa shape index (κ3) is 4.69. The minimum atomic E-state index is -3.51. The van der Waals surface area contributed by atoms with Crippen molar-refractivity contribution in [3.8, 4) is 6.07 Å². The highest BCUT2D eigenvalue weighted by Gasteiger charge is 2.31. The summed E-state index contributed by atoms with van der Waals surface area (Å²) in [6, 6.07) is 15.0. The molecule has 1 heterocycles. The molecule has 1 fully saturated rings. The fourth-order valence-electron chi connectivity index (χ4n) is 3.10. The van der Waals surface area contributed by atoms with Crippen molar-refractivity contribution in [1.29, 1.82) is 5.26 Å². The summed E-state index contributed by atoms with van der Waals surface area (Å²) in [6.07, 6.45) is 0. The van der Waals surface area contributed by atoms with Crippen molar-refractivity contribution in [3.63, 3.8) is 0 Å². The predicted octanol–water partition coefficient (Wildman–Crippen LogP) is 0.740. The Morgan fingerprint density at radius 2 is 1.86 bits per heavy atom. The van der Waals surface area contributed by atoms with E-state index in [0.717, 1.165) is 4.90 Å². The van der Waals surface area contributed by atoms with Crippen LogP contribution in [-0.4, -0.2) is 51.4 Å². The Bertz CT molecular complexity index is 998. The van der Waals surface area contributed by atoms with E-state index in [1.165, 1.54) is 10.4 Å². The summed E-state index contributed by atoms with van der Waals surface area (Å²) >= 11 is 5.93. The Morgan fingerprint density at radius 3 is 2.50 bits per heavy atom. The third-order valence-electron chi connectivity index (χ3n) is 4.60. The number of sulfonamides is 1. The van der Waals surface area contributed by atoms with Gasteiger partial charge in [-0.2, -0.15) is 9.57 Å². The quantitative estimate of drug-likeness (QED) is 0.747. The first-order chi connectivity index (χ1) is 13.4. The second kappa shape index (κ2) is 8.71. The molecule has 146 valence electrons. The van der Waals surface area contributed by atoms with Crippen LogP contribution in [0.5, 0.6) is 0 Å². The van der Waals surface area contributed by atoms with Gasteiger partial charge in [-0.3, -0.25) is 4.79 Å². The molecule has 0 aromatic heterocycles. The Kier molecular flexibility index (Phi) is 6.31. The van der Waals surface area contributed by atoms with Crippen LogP contribution in [0.15, 0.2) is 53.4 Å². The van der Waals surface area contributed by atoms with E-state index < -0.39 is 10.0 Å². The van der Waals surface area contributed by atoms with Gasteiger partial charge in [-0.15, -0.1) is 0 Å². The average Bonchev–Trinajstić information content (AvgIpc) is 2.69. The smallest absolute Gasteiger partial charge is 0.279 e. The molecule has 3 rings (SSSR count). The number of anilines is 1. The average molecular weight is 420 g/mol. The highest BCUT2D eigenvalue weighted by molar-refractivity contribution is 7.89. The lowest BCUT2D eigenvalue weighted by Gasteiger charge is -2.31. The fraction of sp³-hybridized carbons (Fsp3) is 0.263. The highest BCUT2D eigenvalue weighted by Crippen LogP contribution is 2.20. The maximum atomic E-state index is 12.7. The molecule has 1 amide bonds. The van der Waals surface area contributed by atoms with Crippen molar-refractivity contribution >= 4 is 33.2 Å². The zero-order valence-corrected chi connectivity index (χ0v) is 16.6. The predicted molar refractivity (Wildman–Crippen MR) is 106 cm³/mol. The van der Waals surface area contributed by atoms with Crippen LogP contribution in [0.25, 0.3) is 0 Å². The van der Waals surface area contributed by atoms with Gasteiger partial charge in [0.05, 0.1) is 42.3 Å². The van der Waals surface area contributed by atoms with Crippen LogP contribution in [0.2, 0.25) is 5.02 Å². The lowest BCUT2D eigenvalue weighted by Crippen LogP contribution is -3.15. The van der Waals surface area contributed by atoms with Gasteiger partial charge in [0.2, 0.25) is 10.0 Å². The van der Waals surface area contributed by atoms with E-state index in [2.05, 4.69) is 5.32 Å². The SMILES string of the molecule is N#Cc1ccc(Cl)cc1NC(=O)C[NH+]1CCN(S(=O)(=O)c2ccccc2)CC1. The van der Waals surface area contributed by atoms with Gasteiger partial charge in [-0.1, -0.05) is 29.8 Å². The molecule has 9 heteroatoms. The number of nitriles is 1. The number of benzene rings is 2. The fourth-order valence-corrected chi connectivity index (χ4v) is 4.73. The number of carbonyl (C=O) groups is 1. The molecule has 0 saturated carbocycles. The maximum Gasteiger partial charge on any atom is 0.279 e. The van der Waals surface area contributed by atoms with E-state index in [9.17, 15) is 13.2 Å². The van der Waals surface area contributed by atoms with Gasteiger partial charge in [-0.25, -0.2) is 8.42 Å². The first-order valence-corrected chi connectivity index (χ1v) is 10.6. The summed E-state index contributed by atoms with van der Waals surface area (Å²) in [5.41, 5.74) is 0.719. The molecule has 0 spiro atoms. The number of rotatable bonds is 5. The maximum absolute atomic E-state index is 12.7. The monoisotopic (exact) mass is 419 g/mol. The molecule has 28 heavy (non-hydrogen) atoms. The molecule has 7 nitrogen and oxygen atoms in total. The summed E-state index contributed by atoms with van der Waals surface area (Å²) in [5, 5.41) is 12.3. The molecule has 0 radical (unpaired) electrons. The largest absolute Gasteiger partial charge is 0.325 e. The van der Waals surface area contributed by atoms with Crippen LogP contribution < -0.4 is 10.2 Å². The van der Waals surface area contributed by atoms with Crippen LogP contribution in [0, 0.1) is 11.3 Å². The minimum Gasteiger partial charge on any atom is -0.325 e. The molecule has 0 aliphatic carbocycles. The van der Waals surface area contributed by atoms with Crippen molar-refractivity contribution in [2.24, 2.45) is 0 Å². The van der Waals surface area contributed by atoms with Gasteiger partial charge in [-0.05, 0) is 30.3 Å². The number of halogens is 1. The van der Waals surface area contributed by atoms with Gasteiger partial charge in [0, 0.05) is 5.02 Å². The lowest BCUT2D eigenvalue weighted by molar-refractivity contribution is -0.895. The van der Waals surface area contributed by atoms with E-state index in [4.69, 9.17) is 16.9 Å². The molecular formula is C19H20ClN4O3S+. The van der Waals surface area contributed by atoms with Crippen molar-refractivity contribution in [2.45, 2.75) is 4.90 Å². The minimum absolute atomic E-state index is 0.191. The third-order valence-corrected chi connectivity index (χ3v) is 6.75. The van der Waals surface area contributed by atoms with Crippen molar-refractivity contribution < 1.29 is 18.1 Å². The van der Waals surface area contributed by atoms with E-state index in [1.807, 2.05) is 6.07 Å². The number of nitrogens with one attached hydrogen (secondary N) is 2. The zero-order valence-electron chi connectivity index (χ0n) is 15.1. The Morgan fingerprint density at radius 1 is 1.18 bits per heavy atom. The van der Waals surface area contributed by atoms with Gasteiger partial charge >= 0.3 is 0 Å². The van der Waals surface area contributed by atoms with Crippen LogP contribution in [0.3, 0.4) is 0 Å². The summed E-state index contributed by atoms with van der Waals surface area (Å²) in [7, 11) is -3.51. The molecule has 0 atom stereocenters. The van der Waals surface area contributed by atoms with E-state index in [-0.39, 0.29) is 17.3 Å². The van der Waals surface area contributed by atoms with Crippen molar-refractivity contribution in [2.75, 3.05) is 38.0 Å². The lowest BCUT2D eigenvalue weighted by atomic mass is 10.2. The standard InChI is InChI=1S/C19H19ClN4O3S/c20-16-7-6-15(13-21)18(12-16)22-19(25)14-23-8-10-24(11-9-23)28(26,27)17-4-2-1-3-5-17/h1-7,12H,8-11,14H2,(H,22,25)/p+1. The molecule has 2 N–H and O–H groups in total.